The Morgan fingerprint density at radius 1 is 1.50 bits per heavy atom. The van der Waals surface area contributed by atoms with Gasteiger partial charge in [-0.15, -0.1) is 0 Å². The van der Waals surface area contributed by atoms with Gasteiger partial charge in [-0.05, 0) is 29.9 Å². The van der Waals surface area contributed by atoms with Crippen molar-refractivity contribution in [2.75, 3.05) is 7.11 Å². The summed E-state index contributed by atoms with van der Waals surface area (Å²) in [6.07, 6.45) is 5.67. The molecule has 0 saturated heterocycles. The molecule has 0 aromatic heterocycles. The van der Waals surface area contributed by atoms with Crippen LogP contribution in [0.3, 0.4) is 0 Å². The van der Waals surface area contributed by atoms with Crippen molar-refractivity contribution in [3.63, 3.8) is 0 Å². The van der Waals surface area contributed by atoms with E-state index in [1.165, 1.54) is 5.57 Å². The predicted molar refractivity (Wildman–Crippen MR) is 51.8 cm³/mol. The number of methoxy groups -OCH3 is 1. The van der Waals surface area contributed by atoms with Crippen molar-refractivity contribution in [1.29, 1.82) is 0 Å². The van der Waals surface area contributed by atoms with Crippen LogP contribution in [0.25, 0.3) is 0 Å². The van der Waals surface area contributed by atoms with Gasteiger partial charge in [0.25, 0.3) is 0 Å². The molecule has 0 heterocycles. The highest BCUT2D eigenvalue weighted by molar-refractivity contribution is 5.31. The van der Waals surface area contributed by atoms with Crippen LogP contribution in [0.1, 0.15) is 27.2 Å². The number of ether oxygens (including phenoxy) is 1. The first-order valence-electron chi connectivity index (χ1n) is 4.61. The molecular weight excluding hydrogens is 148 g/mol. The first-order chi connectivity index (χ1) is 5.65. The quantitative estimate of drug-likeness (QED) is 0.612. The van der Waals surface area contributed by atoms with Crippen LogP contribution < -0.4 is 0 Å². The van der Waals surface area contributed by atoms with Gasteiger partial charge < -0.3 is 4.74 Å². The van der Waals surface area contributed by atoms with Gasteiger partial charge in [0.1, 0.15) is 5.76 Å². The highest BCUT2D eigenvalue weighted by Crippen LogP contribution is 2.27. The molecule has 0 aromatic carbocycles. The van der Waals surface area contributed by atoms with Gasteiger partial charge in [-0.25, -0.2) is 0 Å². The molecule has 0 fully saturated rings. The van der Waals surface area contributed by atoms with Gasteiger partial charge in [0, 0.05) is 0 Å². The van der Waals surface area contributed by atoms with Gasteiger partial charge in [-0.3, -0.25) is 0 Å². The van der Waals surface area contributed by atoms with E-state index in [0.717, 1.165) is 12.2 Å². The average molecular weight is 166 g/mol. The lowest BCUT2D eigenvalue weighted by Gasteiger charge is -2.20. The topological polar surface area (TPSA) is 9.23 Å². The summed E-state index contributed by atoms with van der Waals surface area (Å²) < 4.78 is 5.33. The minimum Gasteiger partial charge on any atom is -0.497 e. The zero-order valence-corrected chi connectivity index (χ0v) is 8.42. The molecule has 1 heteroatoms. The Kier molecular flexibility index (Phi) is 2.96. The van der Waals surface area contributed by atoms with E-state index in [9.17, 15) is 0 Å². The van der Waals surface area contributed by atoms with Crippen molar-refractivity contribution in [3.05, 3.63) is 23.5 Å². The Hall–Kier alpha value is -0.720. The number of rotatable bonds is 2. The van der Waals surface area contributed by atoms with Crippen LogP contribution in [0.5, 0.6) is 0 Å². The molecule has 1 aliphatic rings. The lowest BCUT2D eigenvalue weighted by atomic mass is 9.91. The fourth-order valence-electron chi connectivity index (χ4n) is 1.54. The van der Waals surface area contributed by atoms with Gasteiger partial charge in [-0.1, -0.05) is 26.8 Å². The van der Waals surface area contributed by atoms with Gasteiger partial charge >= 0.3 is 0 Å². The summed E-state index contributed by atoms with van der Waals surface area (Å²) >= 11 is 0. The summed E-state index contributed by atoms with van der Waals surface area (Å²) in [7, 11) is 1.75. The van der Waals surface area contributed by atoms with Crippen molar-refractivity contribution < 1.29 is 4.74 Å². The molecule has 1 aliphatic carbocycles. The molecule has 1 atom stereocenters. The standard InChI is InChI=1S/C11H18O/c1-8(2)10-6-5-9(3)7-11(10)12-4/h6-9H,5H2,1-4H3. The minimum atomic E-state index is 0.573. The first kappa shape index (κ1) is 9.37. The van der Waals surface area contributed by atoms with E-state index >= 15 is 0 Å². The molecule has 0 aromatic rings. The number of hydrogen-bond acceptors (Lipinski definition) is 1. The van der Waals surface area contributed by atoms with E-state index in [1.54, 1.807) is 7.11 Å². The van der Waals surface area contributed by atoms with Crippen LogP contribution >= 0.6 is 0 Å². The summed E-state index contributed by atoms with van der Waals surface area (Å²) in [6.45, 7) is 6.62. The maximum Gasteiger partial charge on any atom is 0.118 e. The molecule has 0 amide bonds. The summed E-state index contributed by atoms with van der Waals surface area (Å²) in [5.74, 6) is 2.27. The molecule has 0 N–H and O–H groups in total. The Morgan fingerprint density at radius 2 is 2.17 bits per heavy atom. The van der Waals surface area contributed by atoms with E-state index in [0.29, 0.717) is 11.8 Å². The largest absolute Gasteiger partial charge is 0.497 e. The smallest absolute Gasteiger partial charge is 0.118 e. The Labute approximate surface area is 75.1 Å². The molecule has 0 radical (unpaired) electrons. The highest BCUT2D eigenvalue weighted by Gasteiger charge is 2.15. The zero-order chi connectivity index (χ0) is 9.14. The minimum absolute atomic E-state index is 0.573. The second-order valence-corrected chi connectivity index (χ2v) is 3.76. The van der Waals surface area contributed by atoms with Crippen LogP contribution in [0.15, 0.2) is 23.5 Å². The summed E-state index contributed by atoms with van der Waals surface area (Å²) in [5, 5.41) is 0. The average Bonchev–Trinajstić information content (AvgIpc) is 2.03. The predicted octanol–water partition coefficient (Wildman–Crippen LogP) is 3.14. The molecular formula is C11H18O. The van der Waals surface area contributed by atoms with Crippen LogP contribution in [-0.4, -0.2) is 7.11 Å². The maximum atomic E-state index is 5.33. The molecule has 1 rings (SSSR count). The number of allylic oxidation sites excluding steroid dienone is 3. The van der Waals surface area contributed by atoms with Crippen LogP contribution in [0.2, 0.25) is 0 Å². The van der Waals surface area contributed by atoms with E-state index in [2.05, 4.69) is 32.9 Å². The molecule has 12 heavy (non-hydrogen) atoms. The molecule has 0 bridgehead atoms. The van der Waals surface area contributed by atoms with Crippen molar-refractivity contribution in [2.45, 2.75) is 27.2 Å². The third-order valence-electron chi connectivity index (χ3n) is 2.27. The third kappa shape index (κ3) is 1.90. The highest BCUT2D eigenvalue weighted by atomic mass is 16.5. The van der Waals surface area contributed by atoms with Crippen molar-refractivity contribution in [3.8, 4) is 0 Å². The first-order valence-corrected chi connectivity index (χ1v) is 4.61. The van der Waals surface area contributed by atoms with E-state index in [4.69, 9.17) is 4.74 Å². The fourth-order valence-corrected chi connectivity index (χ4v) is 1.54. The lowest BCUT2D eigenvalue weighted by Crippen LogP contribution is -2.07. The van der Waals surface area contributed by atoms with Crippen LogP contribution in [-0.2, 0) is 4.74 Å². The zero-order valence-electron chi connectivity index (χ0n) is 8.42. The second kappa shape index (κ2) is 3.79. The Bertz CT molecular complexity index is 211. The monoisotopic (exact) mass is 166 g/mol. The summed E-state index contributed by atoms with van der Waals surface area (Å²) in [4.78, 5) is 0. The number of hydrogen-bond donors (Lipinski definition) is 0. The normalized spacial score (nSPS) is 23.6. The molecule has 0 saturated carbocycles. The van der Waals surface area contributed by atoms with E-state index < -0.39 is 0 Å². The second-order valence-electron chi connectivity index (χ2n) is 3.76. The molecule has 0 spiro atoms. The fraction of sp³-hybridized carbons (Fsp3) is 0.636. The van der Waals surface area contributed by atoms with E-state index in [-0.39, 0.29) is 0 Å². The van der Waals surface area contributed by atoms with Gasteiger partial charge in [0.2, 0.25) is 0 Å². The van der Waals surface area contributed by atoms with Crippen molar-refractivity contribution in [1.82, 2.24) is 0 Å². The Morgan fingerprint density at radius 3 is 2.67 bits per heavy atom. The molecule has 1 nitrogen and oxygen atoms in total. The maximum absolute atomic E-state index is 5.33. The van der Waals surface area contributed by atoms with Crippen LogP contribution in [0.4, 0.5) is 0 Å². The summed E-state index contributed by atoms with van der Waals surface area (Å²) in [5.41, 5.74) is 1.36. The van der Waals surface area contributed by atoms with E-state index in [1.807, 2.05) is 0 Å². The molecule has 68 valence electrons. The lowest BCUT2D eigenvalue weighted by molar-refractivity contribution is 0.287. The van der Waals surface area contributed by atoms with Crippen molar-refractivity contribution >= 4 is 0 Å². The Balaban J connectivity index is 2.81. The molecule has 1 unspecified atom stereocenters. The SMILES string of the molecule is COC1=CC(C)CC=C1C(C)C. The molecule has 0 aliphatic heterocycles. The van der Waals surface area contributed by atoms with Gasteiger partial charge in [-0.2, -0.15) is 0 Å². The third-order valence-corrected chi connectivity index (χ3v) is 2.27. The van der Waals surface area contributed by atoms with Gasteiger partial charge in [0.15, 0.2) is 0 Å². The summed E-state index contributed by atoms with van der Waals surface area (Å²) in [6, 6.07) is 0. The van der Waals surface area contributed by atoms with Crippen LogP contribution in [0, 0.1) is 11.8 Å². The van der Waals surface area contributed by atoms with Gasteiger partial charge in [0.05, 0.1) is 7.11 Å². The van der Waals surface area contributed by atoms with Crippen molar-refractivity contribution in [2.24, 2.45) is 11.8 Å².